The lowest BCUT2D eigenvalue weighted by molar-refractivity contribution is -0.121. The molecule has 0 aliphatic rings. The van der Waals surface area contributed by atoms with Gasteiger partial charge in [0.1, 0.15) is 11.3 Å². The maximum Gasteiger partial charge on any atom is 0.263 e. The Morgan fingerprint density at radius 2 is 2.10 bits per heavy atom. The van der Waals surface area contributed by atoms with Gasteiger partial charge in [-0.25, -0.2) is 4.98 Å². The third kappa shape index (κ3) is 5.76. The van der Waals surface area contributed by atoms with Crippen LogP contribution in [-0.4, -0.2) is 28.9 Å². The van der Waals surface area contributed by atoms with Crippen LogP contribution in [0.5, 0.6) is 5.75 Å². The van der Waals surface area contributed by atoms with E-state index in [1.54, 1.807) is 18.6 Å². The van der Waals surface area contributed by atoms with Gasteiger partial charge in [0, 0.05) is 24.5 Å². The van der Waals surface area contributed by atoms with Crippen LogP contribution >= 0.6 is 11.3 Å². The van der Waals surface area contributed by atoms with Crippen molar-refractivity contribution in [2.45, 2.75) is 19.4 Å². The van der Waals surface area contributed by atoms with Crippen LogP contribution in [0.25, 0.3) is 0 Å². The zero-order valence-electron chi connectivity index (χ0n) is 15.7. The number of benzene rings is 1. The number of nitrogens with zero attached hydrogens (tertiary/aromatic N) is 1. The van der Waals surface area contributed by atoms with Crippen LogP contribution in [0.1, 0.15) is 28.0 Å². The first-order valence-electron chi connectivity index (χ1n) is 8.88. The van der Waals surface area contributed by atoms with E-state index < -0.39 is 11.5 Å². The van der Waals surface area contributed by atoms with Crippen LogP contribution in [0.4, 0.5) is 5.13 Å². The Morgan fingerprint density at radius 3 is 2.90 bits per heavy atom. The van der Waals surface area contributed by atoms with Crippen molar-refractivity contribution in [3.8, 4) is 5.75 Å². The molecule has 3 rings (SSSR count). The quantitative estimate of drug-likeness (QED) is 0.526. The summed E-state index contributed by atoms with van der Waals surface area (Å²) in [6, 6.07) is 10.5. The highest BCUT2D eigenvalue weighted by Gasteiger charge is 2.12. The molecule has 0 saturated heterocycles. The van der Waals surface area contributed by atoms with Gasteiger partial charge in [-0.1, -0.05) is 12.1 Å². The van der Waals surface area contributed by atoms with Gasteiger partial charge >= 0.3 is 0 Å². The van der Waals surface area contributed by atoms with Crippen LogP contribution in [0.15, 0.2) is 52.8 Å². The Kier molecular flexibility index (Phi) is 6.75. The summed E-state index contributed by atoms with van der Waals surface area (Å²) >= 11 is 1.24. The predicted octanol–water partition coefficient (Wildman–Crippen LogP) is 2.34. The number of hydrogen-bond donors (Lipinski definition) is 3. The number of H-pyrrole nitrogens is 1. The normalized spacial score (nSPS) is 10.4. The van der Waals surface area contributed by atoms with Gasteiger partial charge in [-0.15, -0.1) is 11.3 Å². The molecule has 0 radical (unpaired) electrons. The Hall–Kier alpha value is -3.46. The number of hydrogen-bond acceptors (Lipinski definition) is 6. The van der Waals surface area contributed by atoms with Crippen molar-refractivity contribution >= 4 is 28.3 Å². The van der Waals surface area contributed by atoms with E-state index in [0.717, 1.165) is 11.3 Å². The molecule has 3 aromatic rings. The minimum absolute atomic E-state index is 0.0150. The molecule has 2 amide bonds. The van der Waals surface area contributed by atoms with Gasteiger partial charge < -0.3 is 15.0 Å². The fourth-order valence-electron chi connectivity index (χ4n) is 2.56. The summed E-state index contributed by atoms with van der Waals surface area (Å²) in [6.07, 6.45) is 2.18. The molecule has 0 saturated carbocycles. The highest BCUT2D eigenvalue weighted by atomic mass is 32.1. The van der Waals surface area contributed by atoms with Crippen molar-refractivity contribution in [2.75, 3.05) is 12.4 Å². The van der Waals surface area contributed by atoms with Gasteiger partial charge in [0.05, 0.1) is 12.8 Å². The Labute approximate surface area is 171 Å². The van der Waals surface area contributed by atoms with E-state index in [2.05, 4.69) is 20.6 Å². The predicted molar refractivity (Wildman–Crippen MR) is 110 cm³/mol. The summed E-state index contributed by atoms with van der Waals surface area (Å²) in [7, 11) is 1.60. The Bertz CT molecular complexity index is 1060. The molecule has 0 fully saturated rings. The highest BCUT2D eigenvalue weighted by molar-refractivity contribution is 7.14. The summed E-state index contributed by atoms with van der Waals surface area (Å²) in [6.45, 7) is 0.417. The number of methoxy groups -OCH3 is 1. The van der Waals surface area contributed by atoms with Crippen molar-refractivity contribution in [1.82, 2.24) is 15.3 Å². The number of carbonyl (C=O) groups is 2. The van der Waals surface area contributed by atoms with E-state index in [1.165, 1.54) is 23.6 Å². The summed E-state index contributed by atoms with van der Waals surface area (Å²) in [5.74, 6) is 0.122. The summed E-state index contributed by atoms with van der Waals surface area (Å²) in [5.41, 5.74) is 1.20. The van der Waals surface area contributed by atoms with E-state index >= 15 is 0 Å². The Morgan fingerprint density at radius 1 is 1.24 bits per heavy atom. The molecule has 0 aliphatic heterocycles. The number of aromatic amines is 1. The number of carbonyl (C=O) groups excluding carboxylic acids is 2. The maximum absolute atomic E-state index is 12.1. The summed E-state index contributed by atoms with van der Waals surface area (Å²) < 4.78 is 5.16. The average Bonchev–Trinajstić information content (AvgIpc) is 3.18. The first-order chi connectivity index (χ1) is 14.0. The maximum atomic E-state index is 12.1. The second-order valence-electron chi connectivity index (χ2n) is 6.14. The topological polar surface area (TPSA) is 113 Å². The van der Waals surface area contributed by atoms with E-state index in [0.29, 0.717) is 23.8 Å². The standard InChI is InChI=1S/C20H20N4O4S/c1-28-15-5-2-4-13(10-15)11-22-17(25)8-7-14-12-29-20(23-14)24-19(27)16-6-3-9-21-18(16)26/h2-6,9-10,12H,7-8,11H2,1H3,(H,21,26)(H,22,25)(H,23,24,27). The van der Waals surface area contributed by atoms with Crippen LogP contribution in [0, 0.1) is 0 Å². The molecule has 0 bridgehead atoms. The van der Waals surface area contributed by atoms with Crippen molar-refractivity contribution < 1.29 is 14.3 Å². The lowest BCUT2D eigenvalue weighted by Crippen LogP contribution is -2.23. The summed E-state index contributed by atoms with van der Waals surface area (Å²) in [4.78, 5) is 42.6. The van der Waals surface area contributed by atoms with Gasteiger partial charge in [-0.05, 0) is 36.2 Å². The largest absolute Gasteiger partial charge is 0.497 e. The Balaban J connectivity index is 1.47. The molecule has 0 aliphatic carbocycles. The SMILES string of the molecule is COc1cccc(CNC(=O)CCc2csc(NC(=O)c3ccc[nH]c3=O)n2)c1. The molecular weight excluding hydrogens is 392 g/mol. The number of nitrogens with one attached hydrogen (secondary N) is 3. The number of amides is 2. The number of rotatable bonds is 8. The molecule has 0 unspecified atom stereocenters. The van der Waals surface area contributed by atoms with Gasteiger partial charge in [0.15, 0.2) is 5.13 Å². The highest BCUT2D eigenvalue weighted by Crippen LogP contribution is 2.17. The number of ether oxygens (including phenoxy) is 1. The second-order valence-corrected chi connectivity index (χ2v) is 7.00. The number of aromatic nitrogens is 2. The molecule has 150 valence electrons. The number of anilines is 1. The summed E-state index contributed by atoms with van der Waals surface area (Å²) in [5, 5.41) is 7.62. The lowest BCUT2D eigenvalue weighted by atomic mass is 10.2. The molecular formula is C20H20N4O4S. The lowest BCUT2D eigenvalue weighted by Gasteiger charge is -2.06. The van der Waals surface area contributed by atoms with Crippen LogP contribution in [-0.2, 0) is 17.8 Å². The molecule has 1 aromatic carbocycles. The zero-order chi connectivity index (χ0) is 20.6. The van der Waals surface area contributed by atoms with Crippen LogP contribution < -0.4 is 20.9 Å². The van der Waals surface area contributed by atoms with Gasteiger partial charge in [0.25, 0.3) is 11.5 Å². The van der Waals surface area contributed by atoms with Gasteiger partial charge in [-0.3, -0.25) is 19.7 Å². The smallest absolute Gasteiger partial charge is 0.263 e. The number of thiazole rings is 1. The van der Waals surface area contributed by atoms with E-state index in [4.69, 9.17) is 4.74 Å². The minimum atomic E-state index is -0.524. The monoisotopic (exact) mass is 412 g/mol. The molecule has 3 N–H and O–H groups in total. The van der Waals surface area contributed by atoms with Gasteiger partial charge in [0.2, 0.25) is 5.91 Å². The van der Waals surface area contributed by atoms with E-state index in [1.807, 2.05) is 24.3 Å². The molecule has 9 heteroatoms. The first kappa shape index (κ1) is 20.3. The molecule has 0 atom stereocenters. The fraction of sp³-hybridized carbons (Fsp3) is 0.200. The molecule has 29 heavy (non-hydrogen) atoms. The van der Waals surface area contributed by atoms with Crippen molar-refractivity contribution in [1.29, 1.82) is 0 Å². The molecule has 0 spiro atoms. The van der Waals surface area contributed by atoms with Gasteiger partial charge in [-0.2, -0.15) is 0 Å². The van der Waals surface area contributed by atoms with Crippen molar-refractivity contribution in [2.24, 2.45) is 0 Å². The zero-order valence-corrected chi connectivity index (χ0v) is 16.5. The number of aryl methyl sites for hydroxylation is 1. The minimum Gasteiger partial charge on any atom is -0.497 e. The molecule has 8 nitrogen and oxygen atoms in total. The van der Waals surface area contributed by atoms with Crippen molar-refractivity contribution in [3.63, 3.8) is 0 Å². The third-order valence-corrected chi connectivity index (χ3v) is 4.87. The van der Waals surface area contributed by atoms with Crippen LogP contribution in [0.2, 0.25) is 0 Å². The van der Waals surface area contributed by atoms with Crippen LogP contribution in [0.3, 0.4) is 0 Å². The molecule has 2 aromatic heterocycles. The average molecular weight is 412 g/mol. The first-order valence-corrected chi connectivity index (χ1v) is 9.76. The third-order valence-electron chi connectivity index (χ3n) is 4.07. The molecule has 2 heterocycles. The van der Waals surface area contributed by atoms with E-state index in [9.17, 15) is 14.4 Å². The van der Waals surface area contributed by atoms with Crippen molar-refractivity contribution in [3.05, 3.63) is 75.1 Å². The number of pyridine rings is 1. The fourth-order valence-corrected chi connectivity index (χ4v) is 3.30. The van der Waals surface area contributed by atoms with E-state index in [-0.39, 0.29) is 17.9 Å². The second kappa shape index (κ2) is 9.65.